The fraction of sp³-hybridized carbons (Fsp3) is 0.185. The Kier molecular flexibility index (Phi) is 6.36. The van der Waals surface area contributed by atoms with E-state index in [0.29, 0.717) is 34.4 Å². The number of hydrogen-bond donors (Lipinski definition) is 1. The molecule has 0 radical (unpaired) electrons. The van der Waals surface area contributed by atoms with Crippen molar-refractivity contribution in [1.29, 1.82) is 0 Å². The number of amides is 1. The molecular weight excluding hydrogens is 402 g/mol. The SMILES string of the molecule is CCCCOc1ccc(C(=O)Nc2c(C(=O)c3ccc(C)cc3)oc3ccccc23)cc1. The molecule has 32 heavy (non-hydrogen) atoms. The van der Waals surface area contributed by atoms with Gasteiger partial charge in [-0.1, -0.05) is 55.3 Å². The molecule has 0 saturated heterocycles. The van der Waals surface area contributed by atoms with Crippen LogP contribution in [-0.2, 0) is 0 Å². The van der Waals surface area contributed by atoms with Gasteiger partial charge >= 0.3 is 0 Å². The first-order valence-corrected chi connectivity index (χ1v) is 10.7. The van der Waals surface area contributed by atoms with Crippen LogP contribution in [0, 0.1) is 6.92 Å². The highest BCUT2D eigenvalue weighted by Crippen LogP contribution is 2.33. The van der Waals surface area contributed by atoms with E-state index < -0.39 is 0 Å². The van der Waals surface area contributed by atoms with Crippen molar-refractivity contribution in [1.82, 2.24) is 0 Å². The first-order valence-electron chi connectivity index (χ1n) is 10.7. The van der Waals surface area contributed by atoms with E-state index in [0.717, 1.165) is 24.2 Å². The lowest BCUT2D eigenvalue weighted by atomic mass is 10.1. The number of ether oxygens (including phenoxy) is 1. The van der Waals surface area contributed by atoms with Crippen molar-refractivity contribution >= 4 is 28.3 Å². The molecule has 0 bridgehead atoms. The lowest BCUT2D eigenvalue weighted by Gasteiger charge is -2.08. The first-order chi connectivity index (χ1) is 15.6. The van der Waals surface area contributed by atoms with Crippen molar-refractivity contribution in [2.24, 2.45) is 0 Å². The number of carbonyl (C=O) groups is 2. The van der Waals surface area contributed by atoms with Gasteiger partial charge in [0.1, 0.15) is 11.3 Å². The summed E-state index contributed by atoms with van der Waals surface area (Å²) in [4.78, 5) is 26.2. The minimum absolute atomic E-state index is 0.114. The van der Waals surface area contributed by atoms with Crippen molar-refractivity contribution in [3.05, 3.63) is 95.2 Å². The molecule has 162 valence electrons. The second kappa shape index (κ2) is 9.52. The topological polar surface area (TPSA) is 68.5 Å². The zero-order chi connectivity index (χ0) is 22.5. The molecule has 0 aliphatic rings. The minimum atomic E-state index is -0.324. The average Bonchev–Trinajstić information content (AvgIpc) is 3.18. The molecule has 0 aliphatic carbocycles. The molecule has 5 nitrogen and oxygen atoms in total. The van der Waals surface area contributed by atoms with Crippen LogP contribution in [-0.4, -0.2) is 18.3 Å². The van der Waals surface area contributed by atoms with Crippen molar-refractivity contribution in [2.75, 3.05) is 11.9 Å². The Morgan fingerprint density at radius 3 is 2.31 bits per heavy atom. The maximum Gasteiger partial charge on any atom is 0.255 e. The fourth-order valence-corrected chi connectivity index (χ4v) is 3.39. The number of unbranched alkanes of at least 4 members (excludes halogenated alkanes) is 1. The van der Waals surface area contributed by atoms with E-state index in [-0.39, 0.29) is 17.5 Å². The summed E-state index contributed by atoms with van der Waals surface area (Å²) in [5.74, 6) is 0.229. The van der Waals surface area contributed by atoms with Gasteiger partial charge < -0.3 is 14.5 Å². The first kappa shape index (κ1) is 21.4. The van der Waals surface area contributed by atoms with Gasteiger partial charge in [-0.3, -0.25) is 9.59 Å². The van der Waals surface area contributed by atoms with Gasteiger partial charge in [-0.15, -0.1) is 0 Å². The van der Waals surface area contributed by atoms with E-state index in [1.165, 1.54) is 0 Å². The Labute approximate surface area is 187 Å². The van der Waals surface area contributed by atoms with Gasteiger partial charge in [0.2, 0.25) is 5.78 Å². The summed E-state index contributed by atoms with van der Waals surface area (Å²) in [5.41, 5.74) is 2.93. The number of ketones is 1. The standard InChI is InChI=1S/C27H25NO4/c1-3-4-17-31-21-15-13-20(14-16-21)27(30)28-24-22-7-5-6-8-23(22)32-26(24)25(29)19-11-9-18(2)10-12-19/h5-16H,3-4,17H2,1-2H3,(H,28,30). The Bertz CT molecular complexity index is 1240. The Morgan fingerprint density at radius 2 is 1.59 bits per heavy atom. The Morgan fingerprint density at radius 1 is 0.906 bits per heavy atom. The zero-order valence-electron chi connectivity index (χ0n) is 18.2. The number of nitrogens with one attached hydrogen (secondary N) is 1. The molecule has 0 atom stereocenters. The van der Waals surface area contributed by atoms with Crippen LogP contribution < -0.4 is 10.1 Å². The van der Waals surface area contributed by atoms with Gasteiger partial charge in [0.25, 0.3) is 5.91 Å². The summed E-state index contributed by atoms with van der Waals surface area (Å²) < 4.78 is 11.5. The number of rotatable bonds is 8. The van der Waals surface area contributed by atoms with Gasteiger partial charge in [-0.05, 0) is 49.7 Å². The molecule has 1 N–H and O–H groups in total. The molecule has 1 amide bonds. The van der Waals surface area contributed by atoms with E-state index >= 15 is 0 Å². The number of benzene rings is 3. The maximum absolute atomic E-state index is 13.2. The van der Waals surface area contributed by atoms with Gasteiger partial charge in [0, 0.05) is 16.5 Å². The van der Waals surface area contributed by atoms with E-state index in [2.05, 4.69) is 12.2 Å². The molecule has 0 aliphatic heterocycles. The van der Waals surface area contributed by atoms with Crippen LogP contribution in [0.1, 0.15) is 51.8 Å². The van der Waals surface area contributed by atoms with Crippen LogP contribution >= 0.6 is 0 Å². The smallest absolute Gasteiger partial charge is 0.255 e. The van der Waals surface area contributed by atoms with Gasteiger partial charge in [0.05, 0.1) is 12.3 Å². The van der Waals surface area contributed by atoms with E-state index in [1.807, 2.05) is 37.3 Å². The molecule has 5 heteroatoms. The summed E-state index contributed by atoms with van der Waals surface area (Å²) in [6.07, 6.45) is 2.04. The second-order valence-electron chi connectivity index (χ2n) is 7.68. The number of aryl methyl sites for hydroxylation is 1. The highest BCUT2D eigenvalue weighted by Gasteiger charge is 2.23. The molecule has 0 unspecified atom stereocenters. The molecule has 0 saturated carbocycles. The summed E-state index contributed by atoms with van der Waals surface area (Å²) in [6.45, 7) is 4.71. The summed E-state index contributed by atoms with van der Waals surface area (Å²) in [5, 5.41) is 3.57. The van der Waals surface area contributed by atoms with Crippen LogP contribution in [0.15, 0.2) is 77.2 Å². The minimum Gasteiger partial charge on any atom is -0.494 e. The summed E-state index contributed by atoms with van der Waals surface area (Å²) in [7, 11) is 0. The number of carbonyl (C=O) groups excluding carboxylic acids is 2. The fourth-order valence-electron chi connectivity index (χ4n) is 3.39. The van der Waals surface area contributed by atoms with E-state index in [4.69, 9.17) is 9.15 Å². The van der Waals surface area contributed by atoms with E-state index in [1.54, 1.807) is 42.5 Å². The van der Waals surface area contributed by atoms with Crippen LogP contribution in [0.5, 0.6) is 5.75 Å². The van der Waals surface area contributed by atoms with Crippen LogP contribution in [0.4, 0.5) is 5.69 Å². The number of para-hydroxylation sites is 1. The molecular formula is C27H25NO4. The lowest BCUT2D eigenvalue weighted by Crippen LogP contribution is -2.14. The summed E-state index contributed by atoms with van der Waals surface area (Å²) in [6, 6.07) is 21.5. The van der Waals surface area contributed by atoms with Crippen LogP contribution in [0.2, 0.25) is 0 Å². The van der Waals surface area contributed by atoms with Gasteiger partial charge in [0.15, 0.2) is 5.76 Å². The third-order valence-electron chi connectivity index (χ3n) is 5.24. The van der Waals surface area contributed by atoms with Crippen LogP contribution in [0.25, 0.3) is 11.0 Å². The molecule has 4 rings (SSSR count). The monoisotopic (exact) mass is 427 g/mol. The Balaban J connectivity index is 1.62. The van der Waals surface area contributed by atoms with E-state index in [9.17, 15) is 9.59 Å². The second-order valence-corrected chi connectivity index (χ2v) is 7.68. The molecule has 4 aromatic rings. The maximum atomic E-state index is 13.2. The molecule has 0 fully saturated rings. The summed E-state index contributed by atoms with van der Waals surface area (Å²) >= 11 is 0. The third-order valence-corrected chi connectivity index (χ3v) is 5.24. The van der Waals surface area contributed by atoms with Gasteiger partial charge in [-0.2, -0.15) is 0 Å². The number of anilines is 1. The molecule has 0 spiro atoms. The van der Waals surface area contributed by atoms with Gasteiger partial charge in [-0.25, -0.2) is 0 Å². The predicted octanol–water partition coefficient (Wildman–Crippen LogP) is 6.40. The number of furan rings is 1. The Hall–Kier alpha value is -3.86. The molecule has 1 aromatic heterocycles. The van der Waals surface area contributed by atoms with Crippen molar-refractivity contribution < 1.29 is 18.7 Å². The third kappa shape index (κ3) is 4.57. The zero-order valence-corrected chi connectivity index (χ0v) is 18.2. The lowest BCUT2D eigenvalue weighted by molar-refractivity contribution is 0.101. The average molecular weight is 428 g/mol. The highest BCUT2D eigenvalue weighted by molar-refractivity contribution is 6.18. The van der Waals surface area contributed by atoms with Crippen molar-refractivity contribution in [3.8, 4) is 5.75 Å². The van der Waals surface area contributed by atoms with Crippen molar-refractivity contribution in [2.45, 2.75) is 26.7 Å². The highest BCUT2D eigenvalue weighted by atomic mass is 16.5. The normalized spacial score (nSPS) is 10.8. The quantitative estimate of drug-likeness (QED) is 0.261. The predicted molar refractivity (Wildman–Crippen MR) is 126 cm³/mol. The molecule has 3 aromatic carbocycles. The number of hydrogen-bond acceptors (Lipinski definition) is 4. The largest absolute Gasteiger partial charge is 0.494 e. The number of fused-ring (bicyclic) bond motifs is 1. The van der Waals surface area contributed by atoms with Crippen LogP contribution in [0.3, 0.4) is 0 Å². The van der Waals surface area contributed by atoms with Crippen molar-refractivity contribution in [3.63, 3.8) is 0 Å². The molecule has 1 heterocycles.